The minimum atomic E-state index is -2.93. The van der Waals surface area contributed by atoms with Gasteiger partial charge in [0.2, 0.25) is 0 Å². The molecule has 1 unspecified atom stereocenters. The van der Waals surface area contributed by atoms with Crippen LogP contribution >= 0.6 is 0 Å². The molecule has 0 N–H and O–H groups in total. The molecular formula is C23H16F2N4O. The highest BCUT2D eigenvalue weighted by atomic mass is 19.3. The van der Waals surface area contributed by atoms with E-state index in [4.69, 9.17) is 0 Å². The average molecular weight is 402 g/mol. The molecule has 0 spiro atoms. The van der Waals surface area contributed by atoms with Crippen molar-refractivity contribution in [3.63, 3.8) is 0 Å². The Balaban J connectivity index is 1.77. The number of carbonyl (C=O) groups is 1. The Bertz CT molecular complexity index is 1280. The van der Waals surface area contributed by atoms with Crippen LogP contribution in [-0.2, 0) is 0 Å². The normalized spacial score (nSPS) is 12.1. The van der Waals surface area contributed by atoms with Gasteiger partial charge in [-0.1, -0.05) is 42.5 Å². The number of nitriles is 1. The van der Waals surface area contributed by atoms with Crippen molar-refractivity contribution in [2.24, 2.45) is 0 Å². The molecule has 5 nitrogen and oxygen atoms in total. The van der Waals surface area contributed by atoms with Gasteiger partial charge in [-0.25, -0.2) is 4.98 Å². The van der Waals surface area contributed by atoms with E-state index in [-0.39, 0.29) is 16.9 Å². The SMILES string of the molecule is Cc1nc(-c2ccccc2)ccc1C(=O)C(C#N)c1nc2ccccc2n1C(F)F. The van der Waals surface area contributed by atoms with E-state index in [1.807, 2.05) is 36.4 Å². The Hall–Kier alpha value is -3.92. The van der Waals surface area contributed by atoms with Crippen molar-refractivity contribution < 1.29 is 13.6 Å². The van der Waals surface area contributed by atoms with Crippen LogP contribution in [0.4, 0.5) is 8.78 Å². The molecule has 30 heavy (non-hydrogen) atoms. The summed E-state index contributed by atoms with van der Waals surface area (Å²) in [6, 6.07) is 20.9. The molecule has 4 aromatic rings. The lowest BCUT2D eigenvalue weighted by atomic mass is 9.96. The summed E-state index contributed by atoms with van der Waals surface area (Å²) in [5.41, 5.74) is 2.66. The molecule has 2 aromatic heterocycles. The fourth-order valence-electron chi connectivity index (χ4n) is 3.45. The van der Waals surface area contributed by atoms with E-state index in [0.717, 1.165) is 5.56 Å². The fourth-order valence-corrected chi connectivity index (χ4v) is 3.45. The third kappa shape index (κ3) is 3.33. The number of nitrogens with zero attached hydrogens (tertiary/aromatic N) is 4. The number of pyridine rings is 1. The maximum atomic E-state index is 13.8. The molecule has 0 bridgehead atoms. The fraction of sp³-hybridized carbons (Fsp3) is 0.130. The Morgan fingerprint density at radius 3 is 2.37 bits per heavy atom. The molecule has 0 saturated carbocycles. The summed E-state index contributed by atoms with van der Waals surface area (Å²) < 4.78 is 28.2. The summed E-state index contributed by atoms with van der Waals surface area (Å²) in [4.78, 5) is 21.8. The Morgan fingerprint density at radius 1 is 1.00 bits per heavy atom. The Labute approximate surface area is 171 Å². The molecule has 2 heterocycles. The van der Waals surface area contributed by atoms with Gasteiger partial charge in [0, 0.05) is 16.8 Å². The number of hydrogen-bond acceptors (Lipinski definition) is 4. The van der Waals surface area contributed by atoms with Crippen LogP contribution in [0, 0.1) is 18.3 Å². The number of alkyl halides is 2. The van der Waals surface area contributed by atoms with E-state index in [0.29, 0.717) is 21.5 Å². The minimum absolute atomic E-state index is 0.171. The van der Waals surface area contributed by atoms with Crippen LogP contribution in [0.25, 0.3) is 22.3 Å². The lowest BCUT2D eigenvalue weighted by molar-refractivity contribution is 0.0701. The number of carbonyl (C=O) groups excluding carboxylic acids is 1. The minimum Gasteiger partial charge on any atom is -0.292 e. The number of halogens is 2. The summed E-state index contributed by atoms with van der Waals surface area (Å²) in [6.07, 6.45) is 0. The predicted molar refractivity (Wildman–Crippen MR) is 108 cm³/mol. The van der Waals surface area contributed by atoms with Gasteiger partial charge in [0.05, 0.1) is 22.8 Å². The highest BCUT2D eigenvalue weighted by Crippen LogP contribution is 2.30. The van der Waals surface area contributed by atoms with Gasteiger partial charge >= 0.3 is 6.55 Å². The molecule has 2 aromatic carbocycles. The predicted octanol–water partition coefficient (Wildman–Crippen LogP) is 5.29. The monoisotopic (exact) mass is 402 g/mol. The Kier molecular flexibility index (Phi) is 5.07. The average Bonchev–Trinajstić information content (AvgIpc) is 3.14. The molecule has 0 radical (unpaired) electrons. The maximum Gasteiger partial charge on any atom is 0.320 e. The van der Waals surface area contributed by atoms with Gasteiger partial charge in [-0.05, 0) is 31.2 Å². The van der Waals surface area contributed by atoms with Gasteiger partial charge in [-0.3, -0.25) is 14.3 Å². The first-order valence-corrected chi connectivity index (χ1v) is 9.23. The van der Waals surface area contributed by atoms with Gasteiger partial charge in [0.25, 0.3) is 0 Å². The van der Waals surface area contributed by atoms with Gasteiger partial charge in [0.1, 0.15) is 5.82 Å². The lowest BCUT2D eigenvalue weighted by Gasteiger charge is -2.13. The van der Waals surface area contributed by atoms with Crippen LogP contribution in [0.15, 0.2) is 66.7 Å². The van der Waals surface area contributed by atoms with E-state index in [1.54, 1.807) is 37.3 Å². The number of rotatable bonds is 5. The number of ketones is 1. The van der Waals surface area contributed by atoms with E-state index in [9.17, 15) is 18.8 Å². The van der Waals surface area contributed by atoms with Gasteiger partial charge in [0.15, 0.2) is 11.7 Å². The molecule has 1 atom stereocenters. The summed E-state index contributed by atoms with van der Waals surface area (Å²) in [5, 5.41) is 9.68. The number of para-hydroxylation sites is 2. The molecule has 148 valence electrons. The smallest absolute Gasteiger partial charge is 0.292 e. The highest BCUT2D eigenvalue weighted by molar-refractivity contribution is 6.03. The molecule has 0 saturated heterocycles. The summed E-state index contributed by atoms with van der Waals surface area (Å²) >= 11 is 0. The molecule has 7 heteroatoms. The molecule has 0 aliphatic heterocycles. The van der Waals surface area contributed by atoms with Crippen LogP contribution in [0.2, 0.25) is 0 Å². The number of fused-ring (bicyclic) bond motifs is 1. The van der Waals surface area contributed by atoms with Crippen molar-refractivity contribution in [1.29, 1.82) is 5.26 Å². The molecule has 0 aliphatic carbocycles. The third-order valence-electron chi connectivity index (χ3n) is 4.89. The summed E-state index contributed by atoms with van der Waals surface area (Å²) in [7, 11) is 0. The van der Waals surface area contributed by atoms with Crippen LogP contribution < -0.4 is 0 Å². The van der Waals surface area contributed by atoms with Crippen molar-refractivity contribution >= 4 is 16.8 Å². The number of hydrogen-bond donors (Lipinski definition) is 0. The number of Topliss-reactive ketones (excluding diaryl/α,β-unsaturated/α-hetero) is 1. The van der Waals surface area contributed by atoms with Crippen LogP contribution in [0.1, 0.15) is 34.3 Å². The van der Waals surface area contributed by atoms with Crippen molar-refractivity contribution in [2.45, 2.75) is 19.4 Å². The van der Waals surface area contributed by atoms with E-state index < -0.39 is 18.3 Å². The zero-order chi connectivity index (χ0) is 21.3. The second kappa shape index (κ2) is 7.84. The summed E-state index contributed by atoms with van der Waals surface area (Å²) in [5.74, 6) is -2.36. The molecular weight excluding hydrogens is 386 g/mol. The Morgan fingerprint density at radius 2 is 1.70 bits per heavy atom. The standard InChI is InChI=1S/C23H16F2N4O/c1-14-16(11-12-18(27-14)15-7-3-2-4-8-15)21(30)17(13-26)22-28-19-9-5-6-10-20(19)29(22)23(24)25/h2-12,17,23H,1H3. The topological polar surface area (TPSA) is 71.6 Å². The number of aromatic nitrogens is 3. The van der Waals surface area contributed by atoms with Gasteiger partial charge < -0.3 is 0 Å². The van der Waals surface area contributed by atoms with Gasteiger partial charge in [-0.15, -0.1) is 0 Å². The molecule has 4 rings (SSSR count). The number of aryl methyl sites for hydroxylation is 1. The first-order valence-electron chi connectivity index (χ1n) is 9.23. The zero-order valence-electron chi connectivity index (χ0n) is 16.0. The van der Waals surface area contributed by atoms with E-state index >= 15 is 0 Å². The first kappa shape index (κ1) is 19.4. The van der Waals surface area contributed by atoms with Crippen LogP contribution in [0.5, 0.6) is 0 Å². The van der Waals surface area contributed by atoms with Crippen molar-refractivity contribution in [1.82, 2.24) is 14.5 Å². The van der Waals surface area contributed by atoms with Gasteiger partial charge in [-0.2, -0.15) is 14.0 Å². The lowest BCUT2D eigenvalue weighted by Crippen LogP contribution is -2.18. The van der Waals surface area contributed by atoms with Crippen molar-refractivity contribution in [3.05, 3.63) is 83.8 Å². The van der Waals surface area contributed by atoms with E-state index in [2.05, 4.69) is 9.97 Å². The zero-order valence-corrected chi connectivity index (χ0v) is 16.0. The van der Waals surface area contributed by atoms with Crippen molar-refractivity contribution in [2.75, 3.05) is 0 Å². The maximum absolute atomic E-state index is 13.8. The van der Waals surface area contributed by atoms with Crippen LogP contribution in [-0.4, -0.2) is 20.3 Å². The molecule has 0 aliphatic rings. The quantitative estimate of drug-likeness (QED) is 0.425. The highest BCUT2D eigenvalue weighted by Gasteiger charge is 2.31. The second-order valence-corrected chi connectivity index (χ2v) is 6.73. The van der Waals surface area contributed by atoms with Crippen molar-refractivity contribution in [3.8, 4) is 17.3 Å². The molecule has 0 amide bonds. The first-order chi connectivity index (χ1) is 14.5. The van der Waals surface area contributed by atoms with Crippen LogP contribution in [0.3, 0.4) is 0 Å². The number of benzene rings is 2. The second-order valence-electron chi connectivity index (χ2n) is 6.73. The molecule has 0 fully saturated rings. The summed E-state index contributed by atoms with van der Waals surface area (Å²) in [6.45, 7) is -1.28. The largest absolute Gasteiger partial charge is 0.320 e. The number of imidazole rings is 1. The van der Waals surface area contributed by atoms with E-state index in [1.165, 1.54) is 6.07 Å². The third-order valence-corrected chi connectivity index (χ3v) is 4.89.